The van der Waals surface area contributed by atoms with Crippen molar-refractivity contribution in [1.82, 2.24) is 20.3 Å². The normalized spacial score (nSPS) is 13.1. The number of rotatable bonds is 13. The third kappa shape index (κ3) is 8.76. The number of hydrogen-bond donors (Lipinski definition) is 2. The monoisotopic (exact) mass is 631 g/mol. The molecule has 0 saturated carbocycles. The third-order valence-electron chi connectivity index (χ3n) is 7.76. The summed E-state index contributed by atoms with van der Waals surface area (Å²) in [6.07, 6.45) is 12.8. The van der Waals surface area contributed by atoms with Gasteiger partial charge in [-0.2, -0.15) is 0 Å². The second-order valence-corrected chi connectivity index (χ2v) is 11.2. The number of nitrogens with one attached hydrogen (secondary N) is 2. The number of benzene rings is 1. The van der Waals surface area contributed by atoms with Gasteiger partial charge in [-0.05, 0) is 92.6 Å². The van der Waals surface area contributed by atoms with Crippen LogP contribution in [0.5, 0.6) is 0 Å². The average molecular weight is 632 g/mol. The number of amides is 1. The van der Waals surface area contributed by atoms with Crippen molar-refractivity contribution in [3.05, 3.63) is 143 Å². The van der Waals surface area contributed by atoms with Crippen LogP contribution in [0.25, 0.3) is 0 Å². The first kappa shape index (κ1) is 32.7. The molecule has 0 fully saturated rings. The number of hydrogen-bond acceptors (Lipinski definition) is 9. The first-order chi connectivity index (χ1) is 22.9. The Kier molecular flexibility index (Phi) is 11.2. The molecule has 240 valence electrons. The maximum absolute atomic E-state index is 13.7. The lowest BCUT2D eigenvalue weighted by Crippen LogP contribution is -2.32. The van der Waals surface area contributed by atoms with Crippen molar-refractivity contribution in [3.8, 4) is 0 Å². The number of anilines is 1. The van der Waals surface area contributed by atoms with E-state index in [1.807, 2.05) is 24.3 Å². The molecule has 47 heavy (non-hydrogen) atoms. The molecule has 4 heterocycles. The van der Waals surface area contributed by atoms with Gasteiger partial charge in [-0.25, -0.2) is 9.59 Å². The minimum atomic E-state index is -0.775. The molecule has 1 aliphatic heterocycles. The number of nitrogens with zero attached hydrogens (tertiary/aromatic N) is 3. The van der Waals surface area contributed by atoms with Crippen LogP contribution in [0.3, 0.4) is 0 Å². The molecule has 5 rings (SSSR count). The average Bonchev–Trinajstić information content (AvgIpc) is 3.09. The van der Waals surface area contributed by atoms with Crippen LogP contribution in [0.1, 0.15) is 59.7 Å². The van der Waals surface area contributed by atoms with Crippen LogP contribution < -0.4 is 10.6 Å². The zero-order chi connectivity index (χ0) is 33.0. The number of ether oxygens (including phenoxy) is 2. The highest BCUT2D eigenvalue weighted by Gasteiger charge is 2.38. The topological polar surface area (TPSA) is 132 Å². The van der Waals surface area contributed by atoms with Gasteiger partial charge in [0.05, 0.1) is 42.2 Å². The smallest absolute Gasteiger partial charge is 0.336 e. The number of aromatic nitrogens is 3. The number of pyridine rings is 3. The predicted octanol–water partition coefficient (Wildman–Crippen LogP) is 5.71. The number of aryl methyl sites for hydroxylation is 2. The Bertz CT molecular complexity index is 1660. The lowest BCUT2D eigenvalue weighted by Gasteiger charge is -2.30. The molecule has 0 saturated heterocycles. The highest BCUT2D eigenvalue weighted by atomic mass is 16.5. The van der Waals surface area contributed by atoms with Crippen LogP contribution in [-0.2, 0) is 31.9 Å². The van der Waals surface area contributed by atoms with Crippen molar-refractivity contribution in [2.75, 3.05) is 18.5 Å². The van der Waals surface area contributed by atoms with Crippen LogP contribution in [0.4, 0.5) is 5.69 Å². The Morgan fingerprint density at radius 3 is 1.68 bits per heavy atom. The summed E-state index contributed by atoms with van der Waals surface area (Å²) in [5.74, 6) is -2.14. The molecule has 0 spiro atoms. The van der Waals surface area contributed by atoms with Crippen LogP contribution >= 0.6 is 0 Å². The summed E-state index contributed by atoms with van der Waals surface area (Å²) in [5.41, 5.74) is 5.51. The van der Waals surface area contributed by atoms with Crippen LogP contribution in [0.15, 0.2) is 120 Å². The molecule has 1 aromatic carbocycles. The van der Waals surface area contributed by atoms with E-state index in [-0.39, 0.29) is 19.1 Å². The number of esters is 2. The zero-order valence-electron chi connectivity index (χ0n) is 26.4. The number of carbonyl (C=O) groups excluding carboxylic acids is 3. The van der Waals surface area contributed by atoms with E-state index in [1.54, 1.807) is 87.4 Å². The van der Waals surface area contributed by atoms with Gasteiger partial charge >= 0.3 is 11.9 Å². The van der Waals surface area contributed by atoms with Crippen LogP contribution in [-0.4, -0.2) is 46.0 Å². The lowest BCUT2D eigenvalue weighted by molar-refractivity contribution is -0.140. The minimum Gasteiger partial charge on any atom is -0.462 e. The second-order valence-electron chi connectivity index (χ2n) is 11.2. The molecule has 0 aliphatic carbocycles. The fourth-order valence-electron chi connectivity index (χ4n) is 5.47. The minimum absolute atomic E-state index is 0.196. The van der Waals surface area contributed by atoms with Crippen molar-refractivity contribution in [2.24, 2.45) is 0 Å². The van der Waals surface area contributed by atoms with Crippen LogP contribution in [0.2, 0.25) is 0 Å². The van der Waals surface area contributed by atoms with Gasteiger partial charge in [0.25, 0.3) is 5.91 Å². The third-order valence-corrected chi connectivity index (χ3v) is 7.76. The molecule has 1 aliphatic rings. The van der Waals surface area contributed by atoms with E-state index in [0.29, 0.717) is 65.0 Å². The van der Waals surface area contributed by atoms with Crippen molar-refractivity contribution >= 4 is 23.5 Å². The largest absolute Gasteiger partial charge is 0.462 e. The molecule has 0 bridgehead atoms. The summed E-state index contributed by atoms with van der Waals surface area (Å²) < 4.78 is 11.5. The van der Waals surface area contributed by atoms with Gasteiger partial charge in [0.1, 0.15) is 0 Å². The molecule has 2 N–H and O–H groups in total. The van der Waals surface area contributed by atoms with Crippen molar-refractivity contribution in [1.29, 1.82) is 0 Å². The first-order valence-corrected chi connectivity index (χ1v) is 15.5. The Balaban J connectivity index is 1.35. The van der Waals surface area contributed by atoms with Gasteiger partial charge in [-0.3, -0.25) is 19.7 Å². The fourth-order valence-corrected chi connectivity index (χ4v) is 5.47. The van der Waals surface area contributed by atoms with E-state index >= 15 is 0 Å². The SMILES string of the molecule is CC1=C(C(=O)OCCCc2cccnc2)C(c2ccc(C(=O)Nc3cccnc3)cc2)C(C(=O)OCCCc2cccnc2)=C(C)N1. The molecule has 10 nitrogen and oxygen atoms in total. The predicted molar refractivity (Wildman–Crippen MR) is 177 cm³/mol. The van der Waals surface area contributed by atoms with Crippen molar-refractivity contribution in [3.63, 3.8) is 0 Å². The maximum atomic E-state index is 13.7. The number of carbonyl (C=O) groups is 3. The van der Waals surface area contributed by atoms with Gasteiger partial charge in [0, 0.05) is 47.9 Å². The van der Waals surface area contributed by atoms with Crippen molar-refractivity contribution < 1.29 is 23.9 Å². The van der Waals surface area contributed by atoms with Crippen molar-refractivity contribution in [2.45, 2.75) is 45.4 Å². The summed E-state index contributed by atoms with van der Waals surface area (Å²) >= 11 is 0. The van der Waals surface area contributed by atoms with E-state index in [4.69, 9.17) is 9.47 Å². The summed E-state index contributed by atoms with van der Waals surface area (Å²) in [5, 5.41) is 6.02. The molecular formula is C37H37N5O5. The summed E-state index contributed by atoms with van der Waals surface area (Å²) in [7, 11) is 0. The van der Waals surface area contributed by atoms with E-state index in [0.717, 1.165) is 11.1 Å². The molecule has 1 amide bonds. The second kappa shape index (κ2) is 16.1. The zero-order valence-corrected chi connectivity index (χ0v) is 26.4. The fraction of sp³-hybridized carbons (Fsp3) is 0.243. The Labute approximate surface area is 274 Å². The molecule has 10 heteroatoms. The van der Waals surface area contributed by atoms with E-state index in [9.17, 15) is 14.4 Å². The summed E-state index contributed by atoms with van der Waals surface area (Å²) in [4.78, 5) is 52.6. The summed E-state index contributed by atoms with van der Waals surface area (Å²) in [6, 6.07) is 18.0. The molecule has 0 atom stereocenters. The van der Waals surface area contributed by atoms with Gasteiger partial charge in [0.15, 0.2) is 0 Å². The highest BCUT2D eigenvalue weighted by Crippen LogP contribution is 2.39. The van der Waals surface area contributed by atoms with Crippen LogP contribution in [0, 0.1) is 0 Å². The van der Waals surface area contributed by atoms with Gasteiger partial charge < -0.3 is 20.1 Å². The Morgan fingerprint density at radius 2 is 1.21 bits per heavy atom. The molecule has 4 aromatic rings. The molecule has 0 radical (unpaired) electrons. The molecule has 3 aromatic heterocycles. The van der Waals surface area contributed by atoms with E-state index in [2.05, 4.69) is 25.6 Å². The number of allylic oxidation sites excluding steroid dienone is 2. The lowest BCUT2D eigenvalue weighted by atomic mass is 9.80. The first-order valence-electron chi connectivity index (χ1n) is 15.5. The quantitative estimate of drug-likeness (QED) is 0.141. The molecule has 0 unspecified atom stereocenters. The highest BCUT2D eigenvalue weighted by molar-refractivity contribution is 6.04. The maximum Gasteiger partial charge on any atom is 0.336 e. The van der Waals surface area contributed by atoms with E-state index in [1.165, 1.54) is 0 Å². The van der Waals surface area contributed by atoms with Gasteiger partial charge in [-0.1, -0.05) is 24.3 Å². The standard InChI is InChI=1S/C37H37N5O5/c1-25-32(36(44)46-20-6-10-27-8-3-17-38-22-27)34(29-13-15-30(16-14-29)35(43)42-31-12-5-19-40-24-31)33(26(2)41-25)37(45)47-21-7-11-28-9-4-18-39-23-28/h3-5,8-9,12-19,22-24,34,41H,6-7,10-11,20-21H2,1-2H3,(H,42,43). The Morgan fingerprint density at radius 1 is 0.702 bits per heavy atom. The van der Waals surface area contributed by atoms with Gasteiger partial charge in [0.2, 0.25) is 0 Å². The Hall–Kier alpha value is -5.64. The molecular weight excluding hydrogens is 594 g/mol. The number of dihydropyridines is 1. The van der Waals surface area contributed by atoms with E-state index < -0.39 is 17.9 Å². The van der Waals surface area contributed by atoms with Gasteiger partial charge in [-0.15, -0.1) is 0 Å². The summed E-state index contributed by atoms with van der Waals surface area (Å²) in [6.45, 7) is 3.96.